The Morgan fingerprint density at radius 1 is 0.868 bits per heavy atom. The van der Waals surface area contributed by atoms with Crippen LogP contribution in [0.15, 0.2) is 60.7 Å². The van der Waals surface area contributed by atoms with Gasteiger partial charge in [0.15, 0.2) is 23.0 Å². The molecule has 5 rings (SSSR count). The van der Waals surface area contributed by atoms with Gasteiger partial charge in [0.1, 0.15) is 19.0 Å². The first-order valence-corrected chi connectivity index (χ1v) is 12.4. The van der Waals surface area contributed by atoms with Crippen LogP contribution in [0.1, 0.15) is 24.4 Å². The van der Waals surface area contributed by atoms with Gasteiger partial charge in [-0.15, -0.1) is 0 Å². The van der Waals surface area contributed by atoms with Crippen molar-refractivity contribution in [1.82, 2.24) is 0 Å². The third-order valence-electron chi connectivity index (χ3n) is 6.84. The molecule has 9 heteroatoms. The van der Waals surface area contributed by atoms with Gasteiger partial charge in [0.05, 0.1) is 33.3 Å². The first kappa shape index (κ1) is 25.3. The summed E-state index contributed by atoms with van der Waals surface area (Å²) in [7, 11) is 4.71. The van der Waals surface area contributed by atoms with Gasteiger partial charge in [-0.2, -0.15) is 0 Å². The Bertz CT molecular complexity index is 1330. The van der Waals surface area contributed by atoms with Crippen molar-refractivity contribution < 1.29 is 33.3 Å². The molecule has 3 aromatic carbocycles. The maximum Gasteiger partial charge on any atom is 0.229 e. The average Bonchev–Trinajstić information content (AvgIpc) is 2.96. The van der Waals surface area contributed by atoms with Crippen LogP contribution < -0.4 is 33.9 Å². The molecule has 0 aromatic heterocycles. The molecule has 9 nitrogen and oxygen atoms in total. The lowest BCUT2D eigenvalue weighted by atomic mass is 9.83. The second-order valence-corrected chi connectivity index (χ2v) is 9.01. The minimum Gasteiger partial charge on any atom is -0.497 e. The van der Waals surface area contributed by atoms with Gasteiger partial charge in [0.25, 0.3) is 0 Å². The van der Waals surface area contributed by atoms with Crippen LogP contribution in [0.25, 0.3) is 0 Å². The van der Waals surface area contributed by atoms with Crippen LogP contribution in [0.3, 0.4) is 0 Å². The molecular formula is C29H30N2O7. The van der Waals surface area contributed by atoms with Gasteiger partial charge in [0, 0.05) is 23.9 Å². The molecule has 2 heterocycles. The van der Waals surface area contributed by atoms with E-state index < -0.39 is 12.0 Å². The first-order chi connectivity index (χ1) is 18.5. The standard InChI is InChI=1S/C29H30N2O7/c1-34-21-8-6-20(7-9-21)31-27(32)13-10-22(28(31)18-4-11-23(35-2)25(16-18)36-3)29(33)30-19-5-12-24-26(17-19)38-15-14-37-24/h4-9,11-12,16-17,22,28H,10,13-15H2,1-3H3,(H,30,33)/t22-,28+/m1/s1. The number of hydrogen-bond acceptors (Lipinski definition) is 7. The second-order valence-electron chi connectivity index (χ2n) is 9.01. The SMILES string of the molecule is COc1ccc(N2C(=O)CC[C@@H](C(=O)Nc3ccc4c(c3)OCCO4)[C@@H]2c2ccc(OC)c(OC)c2)cc1. The Balaban J connectivity index is 1.52. The number of nitrogens with zero attached hydrogens (tertiary/aromatic N) is 1. The fourth-order valence-electron chi connectivity index (χ4n) is 4.99. The van der Waals surface area contributed by atoms with Crippen LogP contribution >= 0.6 is 0 Å². The Kier molecular flexibility index (Phi) is 7.26. The molecule has 2 amide bonds. The summed E-state index contributed by atoms with van der Waals surface area (Å²) < 4.78 is 27.5. The number of hydrogen-bond donors (Lipinski definition) is 1. The number of rotatable bonds is 7. The fourth-order valence-corrected chi connectivity index (χ4v) is 4.99. The number of nitrogens with one attached hydrogen (secondary N) is 1. The highest BCUT2D eigenvalue weighted by molar-refractivity contribution is 6.00. The molecule has 0 unspecified atom stereocenters. The summed E-state index contributed by atoms with van der Waals surface area (Å²) in [6, 6.07) is 17.5. The average molecular weight is 519 g/mol. The van der Waals surface area contributed by atoms with Gasteiger partial charge in [-0.3, -0.25) is 9.59 Å². The molecule has 2 aliphatic rings. The highest BCUT2D eigenvalue weighted by atomic mass is 16.6. The third kappa shape index (κ3) is 4.91. The highest BCUT2D eigenvalue weighted by Crippen LogP contribution is 2.43. The largest absolute Gasteiger partial charge is 0.497 e. The van der Waals surface area contributed by atoms with Crippen molar-refractivity contribution in [2.45, 2.75) is 18.9 Å². The Labute approximate surface area is 221 Å². The van der Waals surface area contributed by atoms with Gasteiger partial charge in [-0.1, -0.05) is 6.07 Å². The van der Waals surface area contributed by atoms with Crippen molar-refractivity contribution in [1.29, 1.82) is 0 Å². The van der Waals surface area contributed by atoms with Crippen LogP contribution in [-0.2, 0) is 9.59 Å². The number of piperidine rings is 1. The van der Waals surface area contributed by atoms with Gasteiger partial charge in [-0.25, -0.2) is 0 Å². The number of benzene rings is 3. The van der Waals surface area contributed by atoms with Crippen LogP contribution in [0.5, 0.6) is 28.7 Å². The van der Waals surface area contributed by atoms with E-state index in [9.17, 15) is 9.59 Å². The summed E-state index contributed by atoms with van der Waals surface area (Å²) in [6.07, 6.45) is 0.621. The van der Waals surface area contributed by atoms with Crippen molar-refractivity contribution >= 4 is 23.2 Å². The molecule has 1 saturated heterocycles. The van der Waals surface area contributed by atoms with Crippen molar-refractivity contribution in [3.63, 3.8) is 0 Å². The van der Waals surface area contributed by atoms with Crippen LogP contribution in [-0.4, -0.2) is 46.4 Å². The predicted octanol–water partition coefficient (Wildman–Crippen LogP) is 4.61. The molecule has 2 atom stereocenters. The molecule has 1 N–H and O–H groups in total. The van der Waals surface area contributed by atoms with E-state index in [1.807, 2.05) is 24.3 Å². The lowest BCUT2D eigenvalue weighted by Crippen LogP contribution is -2.47. The molecule has 0 spiro atoms. The summed E-state index contributed by atoms with van der Waals surface area (Å²) in [4.78, 5) is 28.9. The van der Waals surface area contributed by atoms with E-state index in [1.165, 1.54) is 0 Å². The van der Waals surface area contributed by atoms with Gasteiger partial charge < -0.3 is 33.9 Å². The van der Waals surface area contributed by atoms with E-state index in [0.717, 1.165) is 5.56 Å². The van der Waals surface area contributed by atoms with Crippen molar-refractivity contribution in [2.75, 3.05) is 44.8 Å². The minimum atomic E-state index is -0.582. The number of carbonyl (C=O) groups is 2. The molecule has 2 aliphatic heterocycles. The number of amides is 2. The zero-order chi connectivity index (χ0) is 26.6. The van der Waals surface area contributed by atoms with Crippen molar-refractivity contribution in [3.05, 3.63) is 66.2 Å². The number of methoxy groups -OCH3 is 3. The molecule has 0 radical (unpaired) electrons. The fraction of sp³-hybridized carbons (Fsp3) is 0.310. The topological polar surface area (TPSA) is 95.6 Å². The quantitative estimate of drug-likeness (QED) is 0.488. The maximum atomic E-state index is 13.8. The molecule has 0 saturated carbocycles. The van der Waals surface area contributed by atoms with E-state index in [0.29, 0.717) is 59.8 Å². The number of anilines is 2. The summed E-state index contributed by atoms with van der Waals surface area (Å²) in [5, 5.41) is 3.03. The van der Waals surface area contributed by atoms with E-state index in [4.69, 9.17) is 23.7 Å². The summed E-state index contributed by atoms with van der Waals surface area (Å²) in [6.45, 7) is 0.941. The van der Waals surface area contributed by atoms with Gasteiger partial charge in [0.2, 0.25) is 11.8 Å². The summed E-state index contributed by atoms with van der Waals surface area (Å²) in [5.74, 6) is 2.17. The number of fused-ring (bicyclic) bond motifs is 1. The maximum absolute atomic E-state index is 13.8. The highest BCUT2D eigenvalue weighted by Gasteiger charge is 2.42. The lowest BCUT2D eigenvalue weighted by molar-refractivity contribution is -0.125. The number of ether oxygens (including phenoxy) is 5. The van der Waals surface area contributed by atoms with Crippen LogP contribution in [0.4, 0.5) is 11.4 Å². The molecule has 1 fully saturated rings. The number of carbonyl (C=O) groups excluding carboxylic acids is 2. The molecule has 0 aliphatic carbocycles. The van der Waals surface area contributed by atoms with E-state index in [1.54, 1.807) is 62.6 Å². The monoisotopic (exact) mass is 518 g/mol. The van der Waals surface area contributed by atoms with Crippen molar-refractivity contribution in [2.24, 2.45) is 5.92 Å². The normalized spacial score (nSPS) is 18.5. The van der Waals surface area contributed by atoms with Gasteiger partial charge >= 0.3 is 0 Å². The summed E-state index contributed by atoms with van der Waals surface area (Å²) >= 11 is 0. The Morgan fingerprint density at radius 2 is 1.61 bits per heavy atom. The van der Waals surface area contributed by atoms with E-state index in [2.05, 4.69) is 5.32 Å². The molecule has 3 aromatic rings. The van der Waals surface area contributed by atoms with E-state index >= 15 is 0 Å². The zero-order valence-corrected chi connectivity index (χ0v) is 21.6. The molecule has 0 bridgehead atoms. The first-order valence-electron chi connectivity index (χ1n) is 12.4. The molecular weight excluding hydrogens is 488 g/mol. The van der Waals surface area contributed by atoms with Crippen LogP contribution in [0.2, 0.25) is 0 Å². The van der Waals surface area contributed by atoms with E-state index in [-0.39, 0.29) is 18.2 Å². The molecule has 198 valence electrons. The Hall–Kier alpha value is -4.40. The lowest BCUT2D eigenvalue weighted by Gasteiger charge is -2.41. The minimum absolute atomic E-state index is 0.0710. The van der Waals surface area contributed by atoms with Crippen molar-refractivity contribution in [3.8, 4) is 28.7 Å². The molecule has 38 heavy (non-hydrogen) atoms. The van der Waals surface area contributed by atoms with Crippen LogP contribution in [0, 0.1) is 5.92 Å². The smallest absolute Gasteiger partial charge is 0.229 e. The summed E-state index contributed by atoms with van der Waals surface area (Å²) in [5.41, 5.74) is 2.03. The third-order valence-corrected chi connectivity index (χ3v) is 6.84. The zero-order valence-electron chi connectivity index (χ0n) is 21.6. The van der Waals surface area contributed by atoms with Gasteiger partial charge in [-0.05, 0) is 60.5 Å². The predicted molar refractivity (Wildman–Crippen MR) is 142 cm³/mol. The second kappa shape index (κ2) is 10.9. The Morgan fingerprint density at radius 3 is 2.32 bits per heavy atom.